The van der Waals surface area contributed by atoms with Crippen molar-refractivity contribution in [2.24, 2.45) is 10.8 Å². The third kappa shape index (κ3) is 4.60. The van der Waals surface area contributed by atoms with Crippen LogP contribution in [-0.2, 0) is 22.4 Å². The highest BCUT2D eigenvalue weighted by Crippen LogP contribution is 2.42. The van der Waals surface area contributed by atoms with Gasteiger partial charge in [0.15, 0.2) is 9.84 Å². The van der Waals surface area contributed by atoms with Crippen LogP contribution in [0.15, 0.2) is 24.3 Å². The van der Waals surface area contributed by atoms with Crippen LogP contribution in [0.4, 0.5) is 13.2 Å². The van der Waals surface area contributed by atoms with Crippen LogP contribution in [0.1, 0.15) is 37.8 Å². The van der Waals surface area contributed by atoms with E-state index in [-0.39, 0.29) is 10.8 Å². The van der Waals surface area contributed by atoms with Gasteiger partial charge in [-0.1, -0.05) is 26.0 Å². The quantitative estimate of drug-likeness (QED) is 0.786. The summed E-state index contributed by atoms with van der Waals surface area (Å²) < 4.78 is 61.0. The Morgan fingerprint density at radius 2 is 1.58 bits per heavy atom. The highest BCUT2D eigenvalue weighted by Gasteiger charge is 2.49. The number of rotatable bonds is 4. The maximum atomic E-state index is 12.7. The van der Waals surface area contributed by atoms with Crippen LogP contribution in [0, 0.1) is 10.8 Å². The lowest BCUT2D eigenvalue weighted by Gasteiger charge is -2.48. The summed E-state index contributed by atoms with van der Waals surface area (Å²) >= 11 is 0. The van der Waals surface area contributed by atoms with Crippen molar-refractivity contribution in [2.75, 3.05) is 31.1 Å². The fraction of sp³-hybridized carbons (Fsp3) is 0.684. The first kappa shape index (κ1) is 19.7. The first-order valence-electron chi connectivity index (χ1n) is 8.97. The lowest BCUT2D eigenvalue weighted by atomic mass is 9.79. The molecule has 0 aromatic heterocycles. The van der Waals surface area contributed by atoms with E-state index in [1.807, 2.05) is 0 Å². The molecule has 0 radical (unpaired) electrons. The SMILES string of the molecule is CC(C)(Cc1ccc(C(F)(F)F)cc1)CN1CCC2(CC1)CS(=O)(=O)C2. The summed E-state index contributed by atoms with van der Waals surface area (Å²) in [5.74, 6) is 0.672. The molecule has 2 heterocycles. The van der Waals surface area contributed by atoms with E-state index in [4.69, 9.17) is 0 Å². The molecule has 0 aliphatic carbocycles. The van der Waals surface area contributed by atoms with Gasteiger partial charge in [0, 0.05) is 12.0 Å². The highest BCUT2D eigenvalue weighted by atomic mass is 32.2. The summed E-state index contributed by atoms with van der Waals surface area (Å²) in [7, 11) is -2.80. The molecule has 2 saturated heterocycles. The van der Waals surface area contributed by atoms with E-state index < -0.39 is 21.6 Å². The molecule has 3 nitrogen and oxygen atoms in total. The van der Waals surface area contributed by atoms with Gasteiger partial charge in [0.2, 0.25) is 0 Å². The summed E-state index contributed by atoms with van der Waals surface area (Å²) in [5, 5.41) is 0. The molecule has 2 aliphatic heterocycles. The highest BCUT2D eigenvalue weighted by molar-refractivity contribution is 7.92. The lowest BCUT2D eigenvalue weighted by Crippen LogP contribution is -2.55. The topological polar surface area (TPSA) is 37.4 Å². The predicted octanol–water partition coefficient (Wildman–Crippen LogP) is 3.78. The van der Waals surface area contributed by atoms with Gasteiger partial charge in [-0.05, 0) is 55.5 Å². The van der Waals surface area contributed by atoms with Crippen molar-refractivity contribution < 1.29 is 21.6 Å². The number of nitrogens with zero attached hydrogens (tertiary/aromatic N) is 1. The number of hydrogen-bond donors (Lipinski definition) is 0. The second-order valence-corrected chi connectivity index (χ2v) is 10.9. The maximum Gasteiger partial charge on any atom is 0.416 e. The molecular formula is C19H26F3NO2S. The average molecular weight is 389 g/mol. The molecule has 1 aromatic carbocycles. The van der Waals surface area contributed by atoms with Crippen LogP contribution in [-0.4, -0.2) is 44.5 Å². The van der Waals surface area contributed by atoms with Crippen LogP contribution < -0.4 is 0 Å². The Labute approximate surface area is 153 Å². The fourth-order valence-electron chi connectivity index (χ4n) is 4.39. The van der Waals surface area contributed by atoms with Gasteiger partial charge >= 0.3 is 6.18 Å². The summed E-state index contributed by atoms with van der Waals surface area (Å²) in [6, 6.07) is 5.42. The monoisotopic (exact) mass is 389 g/mol. The van der Waals surface area contributed by atoms with E-state index in [0.29, 0.717) is 17.9 Å². The zero-order chi connectivity index (χ0) is 19.2. The summed E-state index contributed by atoms with van der Waals surface area (Å²) in [6.45, 7) is 6.90. The minimum absolute atomic E-state index is 0.00685. The number of benzene rings is 1. The average Bonchev–Trinajstić information content (AvgIpc) is 2.46. The molecule has 0 atom stereocenters. The number of hydrogen-bond acceptors (Lipinski definition) is 3. The molecule has 146 valence electrons. The largest absolute Gasteiger partial charge is 0.416 e. The molecule has 7 heteroatoms. The van der Waals surface area contributed by atoms with E-state index in [2.05, 4.69) is 18.7 Å². The maximum absolute atomic E-state index is 12.7. The molecule has 0 saturated carbocycles. The molecule has 2 fully saturated rings. The molecule has 1 spiro atoms. The second kappa shape index (κ2) is 6.51. The number of halogens is 3. The molecule has 0 bridgehead atoms. The van der Waals surface area contributed by atoms with Gasteiger partial charge in [0.1, 0.15) is 0 Å². The Bertz CT molecular complexity index is 732. The van der Waals surface area contributed by atoms with Crippen molar-refractivity contribution in [2.45, 2.75) is 39.3 Å². The van der Waals surface area contributed by atoms with Crippen molar-refractivity contribution in [3.8, 4) is 0 Å². The number of likely N-dealkylation sites (tertiary alicyclic amines) is 1. The first-order valence-corrected chi connectivity index (χ1v) is 10.8. The van der Waals surface area contributed by atoms with Crippen LogP contribution >= 0.6 is 0 Å². The van der Waals surface area contributed by atoms with Gasteiger partial charge in [-0.25, -0.2) is 8.42 Å². The van der Waals surface area contributed by atoms with Crippen molar-refractivity contribution >= 4 is 9.84 Å². The third-order valence-corrected chi connectivity index (χ3v) is 7.69. The Morgan fingerprint density at radius 3 is 2.04 bits per heavy atom. The second-order valence-electron chi connectivity index (χ2n) is 8.84. The normalized spacial score (nSPS) is 23.0. The Morgan fingerprint density at radius 1 is 1.04 bits per heavy atom. The van der Waals surface area contributed by atoms with Crippen molar-refractivity contribution in [3.05, 3.63) is 35.4 Å². The number of sulfone groups is 1. The van der Waals surface area contributed by atoms with Crippen LogP contribution in [0.2, 0.25) is 0 Å². The van der Waals surface area contributed by atoms with Crippen molar-refractivity contribution in [1.29, 1.82) is 0 Å². The third-order valence-electron chi connectivity index (χ3n) is 5.58. The van der Waals surface area contributed by atoms with E-state index in [1.54, 1.807) is 12.1 Å². The number of alkyl halides is 3. The van der Waals surface area contributed by atoms with Crippen LogP contribution in [0.3, 0.4) is 0 Å². The molecular weight excluding hydrogens is 363 g/mol. The lowest BCUT2D eigenvalue weighted by molar-refractivity contribution is -0.137. The molecule has 3 rings (SSSR count). The Hall–Kier alpha value is -1.08. The first-order chi connectivity index (χ1) is 11.9. The Kier molecular flexibility index (Phi) is 4.93. The standard InChI is InChI=1S/C19H26F3NO2S/c1-17(2,11-15-3-5-16(6-4-15)19(20,21)22)12-23-9-7-18(8-10-23)13-26(24,25)14-18/h3-6H,7-14H2,1-2H3. The molecule has 1 aromatic rings. The summed E-state index contributed by atoms with van der Waals surface area (Å²) in [6.07, 6.45) is -1.75. The van der Waals surface area contributed by atoms with Crippen molar-refractivity contribution in [3.63, 3.8) is 0 Å². The minimum Gasteiger partial charge on any atom is -0.303 e. The van der Waals surface area contributed by atoms with E-state index >= 15 is 0 Å². The predicted molar refractivity (Wildman–Crippen MR) is 95.7 cm³/mol. The van der Waals surface area contributed by atoms with Gasteiger partial charge in [-0.2, -0.15) is 13.2 Å². The molecule has 0 amide bonds. The Balaban J connectivity index is 1.53. The van der Waals surface area contributed by atoms with Gasteiger partial charge in [-0.3, -0.25) is 0 Å². The van der Waals surface area contributed by atoms with Gasteiger partial charge < -0.3 is 4.90 Å². The molecule has 0 N–H and O–H groups in total. The number of piperidine rings is 1. The molecule has 0 unspecified atom stereocenters. The van der Waals surface area contributed by atoms with Gasteiger partial charge in [0.05, 0.1) is 17.1 Å². The smallest absolute Gasteiger partial charge is 0.303 e. The van der Waals surface area contributed by atoms with E-state index in [9.17, 15) is 21.6 Å². The zero-order valence-corrected chi connectivity index (χ0v) is 16.1. The minimum atomic E-state index is -4.30. The molecule has 2 aliphatic rings. The fourth-order valence-corrected chi connectivity index (χ4v) is 6.75. The van der Waals surface area contributed by atoms with Crippen LogP contribution in [0.5, 0.6) is 0 Å². The van der Waals surface area contributed by atoms with E-state index in [0.717, 1.165) is 50.2 Å². The van der Waals surface area contributed by atoms with Crippen LogP contribution in [0.25, 0.3) is 0 Å². The summed E-state index contributed by atoms with van der Waals surface area (Å²) in [5.41, 5.74) is 0.237. The van der Waals surface area contributed by atoms with Crippen molar-refractivity contribution in [1.82, 2.24) is 4.90 Å². The zero-order valence-electron chi connectivity index (χ0n) is 15.3. The van der Waals surface area contributed by atoms with E-state index in [1.165, 1.54) is 0 Å². The summed E-state index contributed by atoms with van der Waals surface area (Å²) in [4.78, 5) is 2.36. The molecule has 26 heavy (non-hydrogen) atoms. The van der Waals surface area contributed by atoms with Gasteiger partial charge in [0.25, 0.3) is 0 Å². The van der Waals surface area contributed by atoms with Gasteiger partial charge in [-0.15, -0.1) is 0 Å².